The van der Waals surface area contributed by atoms with E-state index < -0.39 is 0 Å². The van der Waals surface area contributed by atoms with E-state index in [1.807, 2.05) is 12.2 Å². The Morgan fingerprint density at radius 2 is 2.00 bits per heavy atom. The molecule has 0 radical (unpaired) electrons. The van der Waals surface area contributed by atoms with Crippen LogP contribution in [0.1, 0.15) is 12.8 Å². The summed E-state index contributed by atoms with van der Waals surface area (Å²) in [6.07, 6.45) is 6.84. The molecule has 2 heterocycles. The summed E-state index contributed by atoms with van der Waals surface area (Å²) in [5, 5.41) is 0. The third kappa shape index (κ3) is 2.73. The van der Waals surface area contributed by atoms with Gasteiger partial charge in [-0.25, -0.2) is 0 Å². The van der Waals surface area contributed by atoms with Crippen LogP contribution in [0.3, 0.4) is 0 Å². The predicted molar refractivity (Wildman–Crippen MR) is 67.8 cm³/mol. The number of morpholine rings is 1. The summed E-state index contributed by atoms with van der Waals surface area (Å²) in [6, 6.07) is 0.478. The van der Waals surface area contributed by atoms with E-state index in [-0.39, 0.29) is 12.1 Å². The van der Waals surface area contributed by atoms with Crippen molar-refractivity contribution in [3.63, 3.8) is 0 Å². The Morgan fingerprint density at radius 1 is 1.35 bits per heavy atom. The molecule has 2 rings (SSSR count). The van der Waals surface area contributed by atoms with Gasteiger partial charge in [-0.3, -0.25) is 9.69 Å². The molecule has 0 amide bonds. The average Bonchev–Trinajstić information content (AvgIpc) is 2.29. The number of ether oxygens (including phenoxy) is 1. The second kappa shape index (κ2) is 5.43. The Balaban J connectivity index is 2.09. The van der Waals surface area contributed by atoms with Crippen LogP contribution in [0.2, 0.25) is 0 Å². The Bertz CT molecular complexity index is 343. The fraction of sp³-hybridized carbons (Fsp3) is 0.500. The highest BCUT2D eigenvalue weighted by atomic mass is 16.5. The largest absolute Gasteiger partial charge is 0.378 e. The quantitative estimate of drug-likeness (QED) is 0.692. The zero-order chi connectivity index (χ0) is 12.3. The van der Waals surface area contributed by atoms with E-state index in [0.29, 0.717) is 31.8 Å². The number of carbonyl (C=O) groups is 1. The highest BCUT2D eigenvalue weighted by Crippen LogP contribution is 2.26. The molecule has 3 nitrogen and oxygen atoms in total. The van der Waals surface area contributed by atoms with E-state index in [1.165, 1.54) is 0 Å². The fourth-order valence-electron chi connectivity index (χ4n) is 2.60. The van der Waals surface area contributed by atoms with Gasteiger partial charge >= 0.3 is 0 Å². The molecule has 2 unspecified atom stereocenters. The van der Waals surface area contributed by atoms with Crippen molar-refractivity contribution in [2.24, 2.45) is 0 Å². The number of allylic oxidation sites excluding steroid dienone is 2. The third-order valence-electron chi connectivity index (χ3n) is 3.44. The van der Waals surface area contributed by atoms with Crippen LogP contribution >= 0.6 is 0 Å². The number of piperidine rings is 1. The second-order valence-corrected chi connectivity index (χ2v) is 4.65. The minimum atomic E-state index is 0.239. The van der Waals surface area contributed by atoms with E-state index in [4.69, 9.17) is 4.74 Å². The monoisotopic (exact) mass is 233 g/mol. The Hall–Kier alpha value is -1.19. The van der Waals surface area contributed by atoms with E-state index in [2.05, 4.69) is 18.1 Å². The fourth-order valence-corrected chi connectivity index (χ4v) is 2.60. The highest BCUT2D eigenvalue weighted by molar-refractivity contribution is 5.80. The first-order chi connectivity index (χ1) is 8.24. The molecule has 2 bridgehead atoms. The van der Waals surface area contributed by atoms with Crippen LogP contribution in [0, 0.1) is 0 Å². The van der Waals surface area contributed by atoms with Crippen LogP contribution in [0.4, 0.5) is 0 Å². The number of nitrogens with zero attached hydrogens (tertiary/aromatic N) is 1. The lowest BCUT2D eigenvalue weighted by atomic mass is 9.92. The van der Waals surface area contributed by atoms with Crippen LogP contribution in [-0.2, 0) is 9.53 Å². The van der Waals surface area contributed by atoms with Crippen molar-refractivity contribution in [3.8, 4) is 0 Å². The molecule has 2 fully saturated rings. The van der Waals surface area contributed by atoms with Crippen LogP contribution < -0.4 is 0 Å². The highest BCUT2D eigenvalue weighted by Gasteiger charge is 2.38. The molecule has 2 aliphatic rings. The van der Waals surface area contributed by atoms with Crippen LogP contribution in [0.15, 0.2) is 37.0 Å². The van der Waals surface area contributed by atoms with Crippen molar-refractivity contribution in [2.75, 3.05) is 19.8 Å². The summed E-state index contributed by atoms with van der Waals surface area (Å²) >= 11 is 0. The van der Waals surface area contributed by atoms with Crippen LogP contribution in [0.5, 0.6) is 0 Å². The van der Waals surface area contributed by atoms with Crippen molar-refractivity contribution in [2.45, 2.75) is 24.9 Å². The summed E-state index contributed by atoms with van der Waals surface area (Å²) in [6.45, 7) is 9.69. The summed E-state index contributed by atoms with van der Waals surface area (Å²) < 4.78 is 5.53. The molecule has 17 heavy (non-hydrogen) atoms. The van der Waals surface area contributed by atoms with Gasteiger partial charge in [0, 0.05) is 31.5 Å². The molecule has 0 aromatic rings. The number of fused-ring (bicyclic) bond motifs is 2. The Labute approximate surface area is 102 Å². The van der Waals surface area contributed by atoms with Crippen molar-refractivity contribution >= 4 is 5.78 Å². The van der Waals surface area contributed by atoms with Gasteiger partial charge in [-0.15, -0.1) is 0 Å². The standard InChI is InChI=1S/C14H19NO2/c1-3-5-11(4-2)8-15-12-6-14(16)7-13(15)10-17-9-12/h3-5,12-13H,1-2,6-10H2/b11-5+. The van der Waals surface area contributed by atoms with Gasteiger partial charge in [0.1, 0.15) is 5.78 Å². The van der Waals surface area contributed by atoms with Crippen molar-refractivity contribution in [1.82, 2.24) is 4.90 Å². The van der Waals surface area contributed by atoms with Gasteiger partial charge in [-0.1, -0.05) is 31.4 Å². The molecule has 0 saturated carbocycles. The van der Waals surface area contributed by atoms with E-state index in [1.54, 1.807) is 6.08 Å². The topological polar surface area (TPSA) is 29.5 Å². The molecule has 2 atom stereocenters. The summed E-state index contributed by atoms with van der Waals surface area (Å²) in [5.74, 6) is 0.368. The van der Waals surface area contributed by atoms with Crippen LogP contribution in [-0.4, -0.2) is 42.5 Å². The van der Waals surface area contributed by atoms with E-state index >= 15 is 0 Å². The predicted octanol–water partition coefficient (Wildman–Crippen LogP) is 1.72. The molecular formula is C14H19NO2. The van der Waals surface area contributed by atoms with Gasteiger partial charge < -0.3 is 4.74 Å². The zero-order valence-electron chi connectivity index (χ0n) is 10.1. The number of hydrogen-bond donors (Lipinski definition) is 0. The number of hydrogen-bond acceptors (Lipinski definition) is 3. The number of ketones is 1. The third-order valence-corrected chi connectivity index (χ3v) is 3.44. The minimum absolute atomic E-state index is 0.239. The first-order valence-electron chi connectivity index (χ1n) is 6.03. The molecule has 0 aromatic carbocycles. The zero-order valence-corrected chi connectivity index (χ0v) is 10.1. The molecular weight excluding hydrogens is 214 g/mol. The Kier molecular flexibility index (Phi) is 3.92. The maximum atomic E-state index is 11.6. The van der Waals surface area contributed by atoms with E-state index in [0.717, 1.165) is 12.1 Å². The lowest BCUT2D eigenvalue weighted by Gasteiger charge is -2.45. The van der Waals surface area contributed by atoms with Crippen molar-refractivity contribution < 1.29 is 9.53 Å². The molecule has 2 saturated heterocycles. The van der Waals surface area contributed by atoms with Crippen LogP contribution in [0.25, 0.3) is 0 Å². The number of carbonyl (C=O) groups excluding carboxylic acids is 1. The average molecular weight is 233 g/mol. The molecule has 2 aliphatic heterocycles. The van der Waals surface area contributed by atoms with Gasteiger partial charge in [0.05, 0.1) is 13.2 Å². The van der Waals surface area contributed by atoms with Gasteiger partial charge in [0.2, 0.25) is 0 Å². The van der Waals surface area contributed by atoms with Gasteiger partial charge in [-0.2, -0.15) is 0 Å². The summed E-state index contributed by atoms with van der Waals surface area (Å²) in [7, 11) is 0. The lowest BCUT2D eigenvalue weighted by Crippen LogP contribution is -2.57. The molecule has 0 aliphatic carbocycles. The van der Waals surface area contributed by atoms with E-state index in [9.17, 15) is 4.79 Å². The maximum absolute atomic E-state index is 11.6. The van der Waals surface area contributed by atoms with Gasteiger partial charge in [0.15, 0.2) is 0 Å². The smallest absolute Gasteiger partial charge is 0.136 e. The first-order valence-corrected chi connectivity index (χ1v) is 6.03. The normalized spacial score (nSPS) is 30.1. The van der Waals surface area contributed by atoms with Gasteiger partial charge in [0.25, 0.3) is 0 Å². The number of rotatable bonds is 4. The summed E-state index contributed by atoms with van der Waals surface area (Å²) in [4.78, 5) is 13.9. The van der Waals surface area contributed by atoms with Crippen molar-refractivity contribution in [1.29, 1.82) is 0 Å². The second-order valence-electron chi connectivity index (χ2n) is 4.65. The molecule has 0 aromatic heterocycles. The summed E-state index contributed by atoms with van der Waals surface area (Å²) in [5.41, 5.74) is 1.14. The molecule has 3 heteroatoms. The first kappa shape index (κ1) is 12.3. The lowest BCUT2D eigenvalue weighted by molar-refractivity contribution is -0.134. The minimum Gasteiger partial charge on any atom is -0.378 e. The maximum Gasteiger partial charge on any atom is 0.136 e. The molecule has 0 N–H and O–H groups in total. The Morgan fingerprint density at radius 3 is 2.53 bits per heavy atom. The van der Waals surface area contributed by atoms with Crippen molar-refractivity contribution in [3.05, 3.63) is 37.0 Å². The van der Waals surface area contributed by atoms with Gasteiger partial charge in [-0.05, 0) is 5.57 Å². The molecule has 92 valence electrons. The SMILES string of the molecule is C=C/C=C(\C=C)CN1C2COCC1CC(=O)C2. The molecule has 0 spiro atoms. The number of Topliss-reactive ketones (excluding diaryl/α,β-unsaturated/α-hetero) is 1.